The van der Waals surface area contributed by atoms with Gasteiger partial charge in [0, 0.05) is 41.8 Å². The van der Waals surface area contributed by atoms with Gasteiger partial charge < -0.3 is 5.32 Å². The Morgan fingerprint density at radius 2 is 2.04 bits per heavy atom. The number of carbonyl (C=O) groups is 1. The summed E-state index contributed by atoms with van der Waals surface area (Å²) in [5.41, 5.74) is 0.383. The second-order valence-electron chi connectivity index (χ2n) is 6.42. The number of carbonyl (C=O) groups excluding carboxylic acids is 1. The van der Waals surface area contributed by atoms with Gasteiger partial charge in [-0.1, -0.05) is 27.5 Å². The summed E-state index contributed by atoms with van der Waals surface area (Å²) in [4.78, 5) is 16.2. The quantitative estimate of drug-likeness (QED) is 0.652. The number of pyridine rings is 1. The van der Waals surface area contributed by atoms with Crippen LogP contribution in [0, 0.1) is 11.7 Å². The number of benzene rings is 1. The van der Waals surface area contributed by atoms with E-state index in [0.717, 1.165) is 4.47 Å². The smallest absolute Gasteiger partial charge is 0.246 e. The molecule has 2 heterocycles. The van der Waals surface area contributed by atoms with Crippen molar-refractivity contribution >= 4 is 43.5 Å². The minimum absolute atomic E-state index is 0.0373. The number of hydrogen-bond acceptors (Lipinski definition) is 4. The number of rotatable bonds is 5. The second kappa shape index (κ2) is 8.86. The van der Waals surface area contributed by atoms with Crippen LogP contribution in [0.15, 0.2) is 45.9 Å². The third-order valence-corrected chi connectivity index (χ3v) is 7.46. The Labute approximate surface area is 176 Å². The SMILES string of the molecule is O=C(NCc1cc(Br)ccc1F)C1CCN(S(=O)(=O)c2cccnc2Cl)CC1. The standard InChI is InChI=1S/C18H18BrClFN3O3S/c19-14-3-4-15(21)13(10-14)11-23-18(25)12-5-8-24(9-6-12)28(26,27)16-2-1-7-22-17(16)20/h1-4,7,10,12H,5-6,8-9,11H2,(H,23,25). The maximum atomic E-state index is 13.8. The lowest BCUT2D eigenvalue weighted by Crippen LogP contribution is -2.43. The minimum Gasteiger partial charge on any atom is -0.352 e. The highest BCUT2D eigenvalue weighted by Gasteiger charge is 2.33. The van der Waals surface area contributed by atoms with Crippen molar-refractivity contribution in [2.75, 3.05) is 13.1 Å². The van der Waals surface area contributed by atoms with Gasteiger partial charge >= 0.3 is 0 Å². The van der Waals surface area contributed by atoms with Crippen molar-refractivity contribution in [1.29, 1.82) is 0 Å². The van der Waals surface area contributed by atoms with Crippen LogP contribution < -0.4 is 5.32 Å². The highest BCUT2D eigenvalue weighted by atomic mass is 79.9. The topological polar surface area (TPSA) is 79.4 Å². The van der Waals surface area contributed by atoms with Crippen molar-refractivity contribution in [3.8, 4) is 0 Å². The Morgan fingerprint density at radius 1 is 1.32 bits per heavy atom. The lowest BCUT2D eigenvalue weighted by atomic mass is 9.97. The zero-order valence-corrected chi connectivity index (χ0v) is 17.9. The Kier molecular flexibility index (Phi) is 6.69. The van der Waals surface area contributed by atoms with Crippen LogP contribution in [-0.4, -0.2) is 36.7 Å². The number of amides is 1. The van der Waals surface area contributed by atoms with Crippen LogP contribution in [0.5, 0.6) is 0 Å². The van der Waals surface area contributed by atoms with Crippen LogP contribution >= 0.6 is 27.5 Å². The first-order valence-electron chi connectivity index (χ1n) is 8.61. The highest BCUT2D eigenvalue weighted by molar-refractivity contribution is 9.10. The number of sulfonamides is 1. The van der Waals surface area contributed by atoms with Crippen LogP contribution in [0.1, 0.15) is 18.4 Å². The van der Waals surface area contributed by atoms with Gasteiger partial charge in [-0.05, 0) is 43.2 Å². The van der Waals surface area contributed by atoms with Crippen LogP contribution in [0.25, 0.3) is 0 Å². The molecule has 0 aliphatic carbocycles. The van der Waals surface area contributed by atoms with E-state index < -0.39 is 15.8 Å². The summed E-state index contributed by atoms with van der Waals surface area (Å²) in [6, 6.07) is 7.46. The molecule has 0 unspecified atom stereocenters. The van der Waals surface area contributed by atoms with Crippen molar-refractivity contribution in [2.24, 2.45) is 5.92 Å². The summed E-state index contributed by atoms with van der Waals surface area (Å²) in [7, 11) is -3.76. The van der Waals surface area contributed by atoms with Gasteiger partial charge in [0.05, 0.1) is 0 Å². The number of halogens is 3. The summed E-state index contributed by atoms with van der Waals surface area (Å²) in [5.74, 6) is -0.931. The first-order chi connectivity index (χ1) is 13.3. The van der Waals surface area contributed by atoms with Crippen LogP contribution in [0.3, 0.4) is 0 Å². The number of piperidine rings is 1. The molecule has 1 aromatic heterocycles. The summed E-state index contributed by atoms with van der Waals surface area (Å²) >= 11 is 9.19. The number of hydrogen-bond donors (Lipinski definition) is 1. The zero-order chi connectivity index (χ0) is 20.3. The largest absolute Gasteiger partial charge is 0.352 e. The molecule has 0 saturated carbocycles. The lowest BCUT2D eigenvalue weighted by Gasteiger charge is -2.30. The minimum atomic E-state index is -3.76. The van der Waals surface area contributed by atoms with E-state index in [1.54, 1.807) is 12.1 Å². The summed E-state index contributed by atoms with van der Waals surface area (Å²) in [6.07, 6.45) is 2.18. The van der Waals surface area contributed by atoms with E-state index in [2.05, 4.69) is 26.2 Å². The maximum Gasteiger partial charge on any atom is 0.246 e. The van der Waals surface area contributed by atoms with Gasteiger partial charge in [0.25, 0.3) is 0 Å². The maximum absolute atomic E-state index is 13.8. The molecule has 2 aromatic rings. The van der Waals surface area contributed by atoms with Crippen molar-refractivity contribution < 1.29 is 17.6 Å². The van der Waals surface area contributed by atoms with Gasteiger partial charge in [0.1, 0.15) is 15.9 Å². The molecule has 6 nitrogen and oxygen atoms in total. The van der Waals surface area contributed by atoms with Gasteiger partial charge in [-0.25, -0.2) is 17.8 Å². The summed E-state index contributed by atoms with van der Waals surface area (Å²) in [6.45, 7) is 0.488. The van der Waals surface area contributed by atoms with Crippen LogP contribution in [0.2, 0.25) is 5.15 Å². The zero-order valence-electron chi connectivity index (χ0n) is 14.7. The van der Waals surface area contributed by atoms with Gasteiger partial charge in [0.2, 0.25) is 15.9 Å². The van der Waals surface area contributed by atoms with Gasteiger partial charge in [-0.2, -0.15) is 4.31 Å². The molecule has 1 amide bonds. The molecule has 1 saturated heterocycles. The molecular formula is C18H18BrClFN3O3S. The fourth-order valence-electron chi connectivity index (χ4n) is 3.07. The highest BCUT2D eigenvalue weighted by Crippen LogP contribution is 2.27. The van der Waals surface area contributed by atoms with E-state index in [1.165, 1.54) is 28.7 Å². The normalized spacial score (nSPS) is 16.1. The fourth-order valence-corrected chi connectivity index (χ4v) is 5.37. The first kappa shape index (κ1) is 21.2. The molecule has 28 heavy (non-hydrogen) atoms. The molecule has 1 aliphatic rings. The van der Waals surface area contributed by atoms with Crippen molar-refractivity contribution in [2.45, 2.75) is 24.3 Å². The van der Waals surface area contributed by atoms with Gasteiger partial charge in [0.15, 0.2) is 0 Å². The molecule has 0 radical (unpaired) electrons. The molecule has 0 atom stereocenters. The molecule has 0 spiro atoms. The fraction of sp³-hybridized carbons (Fsp3) is 0.333. The monoisotopic (exact) mass is 489 g/mol. The van der Waals surface area contributed by atoms with Gasteiger partial charge in [-0.3, -0.25) is 4.79 Å². The van der Waals surface area contributed by atoms with Crippen molar-refractivity contribution in [3.05, 3.63) is 57.5 Å². The average Bonchev–Trinajstić information content (AvgIpc) is 2.68. The van der Waals surface area contributed by atoms with Gasteiger partial charge in [-0.15, -0.1) is 0 Å². The molecule has 10 heteroatoms. The Hall–Kier alpha value is -1.55. The molecule has 1 aliphatic heterocycles. The van der Waals surface area contributed by atoms with E-state index in [1.807, 2.05) is 0 Å². The Morgan fingerprint density at radius 3 is 2.71 bits per heavy atom. The van der Waals surface area contributed by atoms with E-state index >= 15 is 0 Å². The number of aromatic nitrogens is 1. The van der Waals surface area contributed by atoms with Crippen molar-refractivity contribution in [3.63, 3.8) is 0 Å². The molecule has 1 aromatic carbocycles. The third-order valence-electron chi connectivity index (χ3n) is 4.63. The lowest BCUT2D eigenvalue weighted by molar-refractivity contribution is -0.126. The molecule has 1 N–H and O–H groups in total. The molecule has 150 valence electrons. The molecule has 0 bridgehead atoms. The second-order valence-corrected chi connectivity index (χ2v) is 9.60. The molecule has 1 fully saturated rings. The van der Waals surface area contributed by atoms with E-state index in [9.17, 15) is 17.6 Å². The van der Waals surface area contributed by atoms with Crippen LogP contribution in [-0.2, 0) is 21.4 Å². The Balaban J connectivity index is 1.58. The average molecular weight is 491 g/mol. The predicted octanol–water partition coefficient (Wildman–Crippen LogP) is 3.35. The summed E-state index contributed by atoms with van der Waals surface area (Å²) < 4.78 is 41.3. The van der Waals surface area contributed by atoms with E-state index in [0.29, 0.717) is 18.4 Å². The van der Waals surface area contributed by atoms with E-state index in [4.69, 9.17) is 11.6 Å². The van der Waals surface area contributed by atoms with E-state index in [-0.39, 0.29) is 41.5 Å². The number of nitrogens with zero attached hydrogens (tertiary/aromatic N) is 2. The Bertz CT molecular complexity index is 982. The predicted molar refractivity (Wildman–Crippen MR) is 107 cm³/mol. The first-order valence-corrected chi connectivity index (χ1v) is 11.2. The molecular weight excluding hydrogens is 473 g/mol. The van der Waals surface area contributed by atoms with Crippen LogP contribution in [0.4, 0.5) is 4.39 Å². The number of nitrogens with one attached hydrogen (secondary N) is 1. The van der Waals surface area contributed by atoms with Crippen molar-refractivity contribution in [1.82, 2.24) is 14.6 Å². The third kappa shape index (κ3) is 4.71. The molecule has 3 rings (SSSR count). The summed E-state index contributed by atoms with van der Waals surface area (Å²) in [5, 5.41) is 2.66.